The molecule has 0 saturated carbocycles. The maximum atomic E-state index is 10.4. The molecule has 0 saturated heterocycles. The van der Waals surface area contributed by atoms with Gasteiger partial charge in [-0.05, 0) is 25.7 Å². The van der Waals surface area contributed by atoms with E-state index >= 15 is 0 Å². The standard InChI is InChI=1S/C11H20O2/c1-3-4-5-6-7-8-9-10-13-11(2)12/h5-6H,3-4,7-10H2,1-2H3/b6-5-. The molecular weight excluding hydrogens is 164 g/mol. The van der Waals surface area contributed by atoms with Crippen LogP contribution in [0.4, 0.5) is 0 Å². The summed E-state index contributed by atoms with van der Waals surface area (Å²) in [5, 5.41) is 0. The van der Waals surface area contributed by atoms with Crippen molar-refractivity contribution < 1.29 is 9.53 Å². The van der Waals surface area contributed by atoms with E-state index in [4.69, 9.17) is 4.74 Å². The predicted octanol–water partition coefficient (Wildman–Crippen LogP) is 3.08. The maximum Gasteiger partial charge on any atom is 0.302 e. The van der Waals surface area contributed by atoms with E-state index < -0.39 is 0 Å². The molecule has 0 aliphatic heterocycles. The van der Waals surface area contributed by atoms with Crippen molar-refractivity contribution in [3.05, 3.63) is 12.2 Å². The molecule has 0 aromatic heterocycles. The summed E-state index contributed by atoms with van der Waals surface area (Å²) in [7, 11) is 0. The van der Waals surface area contributed by atoms with Crippen LogP contribution in [-0.4, -0.2) is 12.6 Å². The second-order valence-corrected chi connectivity index (χ2v) is 3.10. The summed E-state index contributed by atoms with van der Waals surface area (Å²) in [6, 6.07) is 0. The highest BCUT2D eigenvalue weighted by molar-refractivity contribution is 5.65. The fourth-order valence-corrected chi connectivity index (χ4v) is 0.983. The molecule has 0 aliphatic rings. The van der Waals surface area contributed by atoms with E-state index in [1.165, 1.54) is 19.8 Å². The number of hydrogen-bond acceptors (Lipinski definition) is 2. The lowest BCUT2D eigenvalue weighted by molar-refractivity contribution is -0.141. The van der Waals surface area contributed by atoms with Gasteiger partial charge in [-0.1, -0.05) is 25.5 Å². The van der Waals surface area contributed by atoms with Crippen LogP contribution in [-0.2, 0) is 9.53 Å². The molecule has 0 unspecified atom stereocenters. The third-order valence-electron chi connectivity index (χ3n) is 1.69. The van der Waals surface area contributed by atoms with Crippen molar-refractivity contribution in [2.24, 2.45) is 0 Å². The molecule has 0 aromatic carbocycles. The quantitative estimate of drug-likeness (QED) is 0.345. The largest absolute Gasteiger partial charge is 0.466 e. The molecular formula is C11H20O2. The molecule has 0 radical (unpaired) electrons. The Bertz CT molecular complexity index is 150. The first-order valence-corrected chi connectivity index (χ1v) is 5.05. The number of carbonyl (C=O) groups is 1. The highest BCUT2D eigenvalue weighted by Crippen LogP contribution is 1.99. The second kappa shape index (κ2) is 9.30. The van der Waals surface area contributed by atoms with Gasteiger partial charge in [0, 0.05) is 6.92 Å². The Kier molecular flexibility index (Phi) is 8.73. The normalized spacial score (nSPS) is 10.6. The third-order valence-corrected chi connectivity index (χ3v) is 1.69. The van der Waals surface area contributed by atoms with Gasteiger partial charge in [0.2, 0.25) is 0 Å². The van der Waals surface area contributed by atoms with Gasteiger partial charge in [0.15, 0.2) is 0 Å². The van der Waals surface area contributed by atoms with Crippen molar-refractivity contribution in [2.45, 2.75) is 46.0 Å². The minimum absolute atomic E-state index is 0.179. The Morgan fingerprint density at radius 1 is 1.23 bits per heavy atom. The molecule has 0 bridgehead atoms. The second-order valence-electron chi connectivity index (χ2n) is 3.10. The van der Waals surface area contributed by atoms with Crippen LogP contribution < -0.4 is 0 Å². The molecule has 0 heterocycles. The zero-order valence-electron chi connectivity index (χ0n) is 8.71. The van der Waals surface area contributed by atoms with Crippen molar-refractivity contribution in [1.82, 2.24) is 0 Å². The molecule has 13 heavy (non-hydrogen) atoms. The molecule has 2 nitrogen and oxygen atoms in total. The summed E-state index contributed by atoms with van der Waals surface area (Å²) in [6.07, 6.45) is 9.97. The highest BCUT2D eigenvalue weighted by atomic mass is 16.5. The molecule has 0 atom stereocenters. The molecule has 0 N–H and O–H groups in total. The molecule has 0 fully saturated rings. The summed E-state index contributed by atoms with van der Waals surface area (Å²) in [4.78, 5) is 10.4. The highest BCUT2D eigenvalue weighted by Gasteiger charge is 1.90. The average molecular weight is 184 g/mol. The number of carbonyl (C=O) groups excluding carboxylic acids is 1. The van der Waals surface area contributed by atoms with E-state index in [2.05, 4.69) is 19.1 Å². The van der Waals surface area contributed by atoms with Crippen molar-refractivity contribution in [1.29, 1.82) is 0 Å². The summed E-state index contributed by atoms with van der Waals surface area (Å²) in [6.45, 7) is 4.18. The monoisotopic (exact) mass is 184 g/mol. The lowest BCUT2D eigenvalue weighted by Crippen LogP contribution is -1.99. The number of unbranched alkanes of at least 4 members (excludes halogenated alkanes) is 3. The van der Waals surface area contributed by atoms with Gasteiger partial charge in [0.05, 0.1) is 6.61 Å². The molecule has 0 amide bonds. The topological polar surface area (TPSA) is 26.3 Å². The summed E-state index contributed by atoms with van der Waals surface area (Å²) >= 11 is 0. The number of allylic oxidation sites excluding steroid dienone is 2. The average Bonchev–Trinajstić information content (AvgIpc) is 2.09. The SMILES string of the molecule is CCC/C=C\CCCCOC(C)=O. The van der Waals surface area contributed by atoms with E-state index in [1.54, 1.807) is 0 Å². The van der Waals surface area contributed by atoms with E-state index in [-0.39, 0.29) is 5.97 Å². The van der Waals surface area contributed by atoms with Crippen molar-refractivity contribution in [2.75, 3.05) is 6.61 Å². The smallest absolute Gasteiger partial charge is 0.302 e. The summed E-state index contributed by atoms with van der Waals surface area (Å²) in [5.41, 5.74) is 0. The minimum Gasteiger partial charge on any atom is -0.466 e. The number of hydrogen-bond donors (Lipinski definition) is 0. The maximum absolute atomic E-state index is 10.4. The van der Waals surface area contributed by atoms with E-state index in [0.29, 0.717) is 6.61 Å². The molecule has 0 spiro atoms. The zero-order valence-corrected chi connectivity index (χ0v) is 8.71. The first-order valence-electron chi connectivity index (χ1n) is 5.05. The van der Waals surface area contributed by atoms with E-state index in [9.17, 15) is 4.79 Å². The van der Waals surface area contributed by atoms with Gasteiger partial charge < -0.3 is 4.74 Å². The lowest BCUT2D eigenvalue weighted by atomic mass is 10.2. The Balaban J connectivity index is 3.03. The predicted molar refractivity (Wildman–Crippen MR) is 54.5 cm³/mol. The van der Waals surface area contributed by atoms with Gasteiger partial charge in [0.25, 0.3) is 0 Å². The number of ether oxygens (including phenoxy) is 1. The molecule has 0 aromatic rings. The van der Waals surface area contributed by atoms with Crippen LogP contribution in [0.2, 0.25) is 0 Å². The number of rotatable bonds is 7. The third kappa shape index (κ3) is 11.2. The molecule has 0 aliphatic carbocycles. The van der Waals surface area contributed by atoms with Crippen LogP contribution in [0.5, 0.6) is 0 Å². The van der Waals surface area contributed by atoms with Crippen LogP contribution in [0, 0.1) is 0 Å². The van der Waals surface area contributed by atoms with E-state index in [1.807, 2.05) is 0 Å². The van der Waals surface area contributed by atoms with Gasteiger partial charge in [-0.15, -0.1) is 0 Å². The van der Waals surface area contributed by atoms with Gasteiger partial charge in [0.1, 0.15) is 0 Å². The minimum atomic E-state index is -0.179. The number of esters is 1. The van der Waals surface area contributed by atoms with Gasteiger partial charge in [-0.3, -0.25) is 4.79 Å². The molecule has 0 rings (SSSR count). The Morgan fingerprint density at radius 2 is 1.92 bits per heavy atom. The Hall–Kier alpha value is -0.790. The zero-order chi connectivity index (χ0) is 9.94. The molecule has 76 valence electrons. The first-order chi connectivity index (χ1) is 6.27. The summed E-state index contributed by atoms with van der Waals surface area (Å²) in [5.74, 6) is -0.179. The van der Waals surface area contributed by atoms with Gasteiger partial charge in [-0.2, -0.15) is 0 Å². The fraction of sp³-hybridized carbons (Fsp3) is 0.727. The van der Waals surface area contributed by atoms with Gasteiger partial charge in [-0.25, -0.2) is 0 Å². The fourth-order valence-electron chi connectivity index (χ4n) is 0.983. The van der Waals surface area contributed by atoms with E-state index in [0.717, 1.165) is 19.3 Å². The van der Waals surface area contributed by atoms with Crippen LogP contribution >= 0.6 is 0 Å². The van der Waals surface area contributed by atoms with Crippen LogP contribution in [0.15, 0.2) is 12.2 Å². The first kappa shape index (κ1) is 12.2. The molecule has 2 heteroatoms. The lowest BCUT2D eigenvalue weighted by Gasteiger charge is -1.99. The Labute approximate surface area is 81.0 Å². The summed E-state index contributed by atoms with van der Waals surface area (Å²) < 4.78 is 4.81. The van der Waals surface area contributed by atoms with Crippen LogP contribution in [0.1, 0.15) is 46.0 Å². The van der Waals surface area contributed by atoms with Crippen LogP contribution in [0.3, 0.4) is 0 Å². The van der Waals surface area contributed by atoms with Crippen molar-refractivity contribution >= 4 is 5.97 Å². The van der Waals surface area contributed by atoms with Gasteiger partial charge >= 0.3 is 5.97 Å². The van der Waals surface area contributed by atoms with Crippen molar-refractivity contribution in [3.63, 3.8) is 0 Å². The Morgan fingerprint density at radius 3 is 2.54 bits per heavy atom. The van der Waals surface area contributed by atoms with Crippen LogP contribution in [0.25, 0.3) is 0 Å². The van der Waals surface area contributed by atoms with Crippen molar-refractivity contribution in [3.8, 4) is 0 Å².